The number of thioether (sulfide) groups is 1. The summed E-state index contributed by atoms with van der Waals surface area (Å²) >= 11 is 1.14. The molecule has 158 valence electrons. The Labute approximate surface area is 182 Å². The Morgan fingerprint density at radius 2 is 1.68 bits per heavy atom. The summed E-state index contributed by atoms with van der Waals surface area (Å²) in [6, 6.07) is 15.1. The van der Waals surface area contributed by atoms with Crippen LogP contribution in [0.25, 0.3) is 6.08 Å². The summed E-state index contributed by atoms with van der Waals surface area (Å²) in [6.45, 7) is 1.96. The van der Waals surface area contributed by atoms with Gasteiger partial charge >= 0.3 is 0 Å². The van der Waals surface area contributed by atoms with E-state index >= 15 is 0 Å². The van der Waals surface area contributed by atoms with Gasteiger partial charge < -0.3 is 5.32 Å². The highest BCUT2D eigenvalue weighted by atomic mass is 32.2. The van der Waals surface area contributed by atoms with Crippen LogP contribution in [0.1, 0.15) is 16.7 Å². The number of anilines is 1. The quantitative estimate of drug-likeness (QED) is 0.538. The molecule has 31 heavy (non-hydrogen) atoms. The second-order valence-corrected chi connectivity index (χ2v) is 10.2. The van der Waals surface area contributed by atoms with Crippen molar-refractivity contribution in [3.05, 3.63) is 93.9 Å². The van der Waals surface area contributed by atoms with Gasteiger partial charge in [0.2, 0.25) is 0 Å². The highest BCUT2D eigenvalue weighted by molar-refractivity contribution is 8.04. The maximum absolute atomic E-state index is 13.9. The molecule has 0 atom stereocenters. The number of sulfone groups is 1. The van der Waals surface area contributed by atoms with Crippen LogP contribution in [0.2, 0.25) is 0 Å². The fraction of sp³-hybridized carbons (Fsp3) is 0.0870. The van der Waals surface area contributed by atoms with Crippen LogP contribution < -0.4 is 5.32 Å². The Morgan fingerprint density at radius 1 is 1.00 bits per heavy atom. The number of aryl methyl sites for hydroxylation is 1. The molecule has 0 spiro atoms. The van der Waals surface area contributed by atoms with Crippen LogP contribution in [0.3, 0.4) is 0 Å². The van der Waals surface area contributed by atoms with Gasteiger partial charge in [0.1, 0.15) is 11.6 Å². The molecule has 0 fully saturated rings. The van der Waals surface area contributed by atoms with E-state index in [0.29, 0.717) is 15.5 Å². The van der Waals surface area contributed by atoms with E-state index in [2.05, 4.69) is 5.32 Å². The van der Waals surface area contributed by atoms with Crippen molar-refractivity contribution in [2.45, 2.75) is 22.5 Å². The normalized spacial score (nSPS) is 14.9. The molecule has 0 aromatic heterocycles. The highest BCUT2D eigenvalue weighted by Gasteiger charge is 2.25. The molecule has 4 rings (SSSR count). The third kappa shape index (κ3) is 4.55. The molecule has 1 aliphatic heterocycles. The lowest BCUT2D eigenvalue weighted by Crippen LogP contribution is -2.18. The lowest BCUT2D eigenvalue weighted by Gasteiger charge is -2.19. The van der Waals surface area contributed by atoms with E-state index in [4.69, 9.17) is 0 Å². The first-order valence-electron chi connectivity index (χ1n) is 9.30. The van der Waals surface area contributed by atoms with Crippen LogP contribution in [-0.2, 0) is 20.4 Å². The minimum absolute atomic E-state index is 0.0766. The molecule has 0 unspecified atom stereocenters. The van der Waals surface area contributed by atoms with E-state index in [1.807, 2.05) is 31.2 Å². The van der Waals surface area contributed by atoms with Crippen molar-refractivity contribution in [1.82, 2.24) is 0 Å². The SMILES string of the molecule is Cc1ccc(C=C2Sc3cc(S(=O)(=O)Cc4c(F)cccc4F)ccc3NC2=O)cc1. The van der Waals surface area contributed by atoms with Gasteiger partial charge in [0.15, 0.2) is 9.84 Å². The van der Waals surface area contributed by atoms with Gasteiger partial charge in [-0.3, -0.25) is 4.79 Å². The van der Waals surface area contributed by atoms with Gasteiger partial charge in [0, 0.05) is 10.5 Å². The van der Waals surface area contributed by atoms with Gasteiger partial charge in [-0.15, -0.1) is 0 Å². The smallest absolute Gasteiger partial charge is 0.262 e. The second-order valence-electron chi connectivity index (χ2n) is 7.09. The predicted molar refractivity (Wildman–Crippen MR) is 117 cm³/mol. The first-order valence-corrected chi connectivity index (χ1v) is 11.8. The third-order valence-corrected chi connectivity index (χ3v) is 7.50. The molecule has 4 nitrogen and oxygen atoms in total. The Morgan fingerprint density at radius 3 is 2.35 bits per heavy atom. The van der Waals surface area contributed by atoms with Crippen LogP contribution >= 0.6 is 11.8 Å². The number of benzene rings is 3. The Bertz CT molecular complexity index is 1300. The van der Waals surface area contributed by atoms with Crippen LogP contribution in [0, 0.1) is 18.6 Å². The minimum Gasteiger partial charge on any atom is -0.320 e. The van der Waals surface area contributed by atoms with E-state index in [1.165, 1.54) is 24.3 Å². The van der Waals surface area contributed by atoms with Gasteiger partial charge in [-0.05, 0) is 48.9 Å². The zero-order valence-corrected chi connectivity index (χ0v) is 18.0. The zero-order chi connectivity index (χ0) is 22.2. The average molecular weight is 458 g/mol. The maximum Gasteiger partial charge on any atom is 0.262 e. The van der Waals surface area contributed by atoms with E-state index in [1.54, 1.807) is 6.08 Å². The summed E-state index contributed by atoms with van der Waals surface area (Å²) in [5, 5.41) is 2.75. The first kappa shape index (κ1) is 21.3. The molecule has 1 amide bonds. The van der Waals surface area contributed by atoms with Crippen molar-refractivity contribution in [2.24, 2.45) is 0 Å². The number of nitrogens with one attached hydrogen (secondary N) is 1. The van der Waals surface area contributed by atoms with Crippen molar-refractivity contribution in [3.8, 4) is 0 Å². The minimum atomic E-state index is -4.01. The number of amides is 1. The van der Waals surface area contributed by atoms with Crippen LogP contribution in [0.15, 0.2) is 75.4 Å². The summed E-state index contributed by atoms with van der Waals surface area (Å²) in [7, 11) is -4.01. The maximum atomic E-state index is 13.9. The number of carbonyl (C=O) groups is 1. The Kier molecular flexibility index (Phi) is 5.68. The van der Waals surface area contributed by atoms with Crippen LogP contribution in [0.5, 0.6) is 0 Å². The van der Waals surface area contributed by atoms with Gasteiger partial charge in [-0.2, -0.15) is 0 Å². The lowest BCUT2D eigenvalue weighted by molar-refractivity contribution is -0.112. The van der Waals surface area contributed by atoms with Gasteiger partial charge in [-0.25, -0.2) is 17.2 Å². The molecule has 0 saturated carbocycles. The van der Waals surface area contributed by atoms with Crippen molar-refractivity contribution >= 4 is 39.3 Å². The summed E-state index contributed by atoms with van der Waals surface area (Å²) in [4.78, 5) is 13.3. The molecular weight excluding hydrogens is 440 g/mol. The summed E-state index contributed by atoms with van der Waals surface area (Å²) in [5.74, 6) is -2.91. The van der Waals surface area contributed by atoms with Gasteiger partial charge in [0.25, 0.3) is 5.91 Å². The van der Waals surface area contributed by atoms with Crippen molar-refractivity contribution in [1.29, 1.82) is 0 Å². The molecular formula is C23H17F2NO3S2. The standard InChI is InChI=1S/C23H17F2NO3S2/c1-14-5-7-15(8-6-14)11-22-23(27)26-20-10-9-16(12-21(20)30-22)31(28,29)13-17-18(24)3-2-4-19(17)25/h2-12H,13H2,1H3,(H,26,27). The number of fused-ring (bicyclic) bond motifs is 1. The predicted octanol–water partition coefficient (Wildman–Crippen LogP) is 5.33. The highest BCUT2D eigenvalue weighted by Crippen LogP contribution is 2.40. The lowest BCUT2D eigenvalue weighted by atomic mass is 10.1. The Balaban J connectivity index is 1.65. The van der Waals surface area contributed by atoms with E-state index in [9.17, 15) is 22.0 Å². The monoisotopic (exact) mass is 457 g/mol. The Hall–Kier alpha value is -2.97. The molecule has 3 aromatic carbocycles. The van der Waals surface area contributed by atoms with E-state index in [0.717, 1.165) is 35.0 Å². The number of hydrogen-bond donors (Lipinski definition) is 1. The molecule has 0 saturated heterocycles. The van der Waals surface area contributed by atoms with Gasteiger partial charge in [-0.1, -0.05) is 47.7 Å². The van der Waals surface area contributed by atoms with E-state index in [-0.39, 0.29) is 10.8 Å². The average Bonchev–Trinajstić information content (AvgIpc) is 2.73. The first-order chi connectivity index (χ1) is 14.7. The zero-order valence-electron chi connectivity index (χ0n) is 16.4. The number of halogens is 2. The van der Waals surface area contributed by atoms with Crippen molar-refractivity contribution in [2.75, 3.05) is 5.32 Å². The molecule has 1 heterocycles. The summed E-state index contributed by atoms with van der Waals surface area (Å²) in [6.07, 6.45) is 1.72. The molecule has 0 bridgehead atoms. The molecule has 0 radical (unpaired) electrons. The van der Waals surface area contributed by atoms with Crippen LogP contribution in [0.4, 0.5) is 14.5 Å². The third-order valence-electron chi connectivity index (χ3n) is 4.78. The fourth-order valence-electron chi connectivity index (χ4n) is 3.09. The van der Waals surface area contributed by atoms with Crippen molar-refractivity contribution < 1.29 is 22.0 Å². The number of carbonyl (C=O) groups excluding carboxylic acids is 1. The molecule has 1 N–H and O–H groups in total. The van der Waals surface area contributed by atoms with Crippen molar-refractivity contribution in [3.63, 3.8) is 0 Å². The van der Waals surface area contributed by atoms with E-state index < -0.39 is 32.8 Å². The summed E-state index contributed by atoms with van der Waals surface area (Å²) < 4.78 is 53.5. The largest absolute Gasteiger partial charge is 0.320 e. The summed E-state index contributed by atoms with van der Waals surface area (Å²) in [5.41, 5.74) is 1.91. The molecule has 0 aliphatic carbocycles. The molecule has 1 aliphatic rings. The number of rotatable bonds is 4. The fourth-order valence-corrected chi connectivity index (χ4v) is 5.55. The second kappa shape index (κ2) is 8.28. The molecule has 3 aromatic rings. The topological polar surface area (TPSA) is 63.2 Å². The molecule has 8 heteroatoms. The van der Waals surface area contributed by atoms with Gasteiger partial charge in [0.05, 0.1) is 21.2 Å². The number of hydrogen-bond acceptors (Lipinski definition) is 4. The van der Waals surface area contributed by atoms with Crippen LogP contribution in [-0.4, -0.2) is 14.3 Å².